The van der Waals surface area contributed by atoms with Crippen LogP contribution in [0.3, 0.4) is 0 Å². The third kappa shape index (κ3) is 3.01. The van der Waals surface area contributed by atoms with Crippen molar-refractivity contribution in [2.24, 2.45) is 0 Å². The summed E-state index contributed by atoms with van der Waals surface area (Å²) in [6.07, 6.45) is 0. The normalized spacial score (nSPS) is 11.0. The van der Waals surface area contributed by atoms with E-state index in [1.165, 1.54) is 30.7 Å². The van der Waals surface area contributed by atoms with E-state index in [0.29, 0.717) is 23.7 Å². The van der Waals surface area contributed by atoms with Gasteiger partial charge in [0.25, 0.3) is 10.0 Å². The maximum absolute atomic E-state index is 12.9. The Labute approximate surface area is 131 Å². The van der Waals surface area contributed by atoms with Crippen molar-refractivity contribution < 1.29 is 17.9 Å². The third-order valence-electron chi connectivity index (χ3n) is 3.29. The van der Waals surface area contributed by atoms with E-state index in [4.69, 9.17) is 9.47 Å². The number of para-hydroxylation sites is 2. The highest BCUT2D eigenvalue weighted by Gasteiger charge is 2.25. The lowest BCUT2D eigenvalue weighted by molar-refractivity contribution is 0.414. The SMILES string of the molecule is CCN(c1ccccc1OC)S(=O)(=O)c1ccc(OC)cc1. The van der Waals surface area contributed by atoms with Gasteiger partial charge in [0, 0.05) is 6.54 Å². The van der Waals surface area contributed by atoms with Crippen LogP contribution in [0, 0.1) is 0 Å². The van der Waals surface area contributed by atoms with E-state index in [1.54, 1.807) is 43.3 Å². The molecule has 0 fully saturated rings. The molecule has 0 saturated carbocycles. The highest BCUT2D eigenvalue weighted by atomic mass is 32.2. The average molecular weight is 321 g/mol. The number of sulfonamides is 1. The van der Waals surface area contributed by atoms with Gasteiger partial charge in [0.05, 0.1) is 24.8 Å². The van der Waals surface area contributed by atoms with Gasteiger partial charge >= 0.3 is 0 Å². The Morgan fingerprint density at radius 2 is 1.59 bits per heavy atom. The van der Waals surface area contributed by atoms with Crippen molar-refractivity contribution in [1.29, 1.82) is 0 Å². The second-order valence-electron chi connectivity index (χ2n) is 4.52. The minimum Gasteiger partial charge on any atom is -0.497 e. The molecule has 22 heavy (non-hydrogen) atoms. The number of hydrogen-bond acceptors (Lipinski definition) is 4. The zero-order valence-electron chi connectivity index (χ0n) is 12.8. The predicted molar refractivity (Wildman–Crippen MR) is 86.2 cm³/mol. The molecule has 0 atom stereocenters. The topological polar surface area (TPSA) is 55.8 Å². The molecule has 118 valence electrons. The van der Waals surface area contributed by atoms with Crippen LogP contribution in [0.2, 0.25) is 0 Å². The summed E-state index contributed by atoms with van der Waals surface area (Å²) in [4.78, 5) is 0.209. The molecule has 0 N–H and O–H groups in total. The first-order valence-corrected chi connectivity index (χ1v) is 8.28. The molecule has 0 aliphatic carbocycles. The molecule has 0 saturated heterocycles. The van der Waals surface area contributed by atoms with E-state index in [2.05, 4.69) is 0 Å². The number of ether oxygens (including phenoxy) is 2. The van der Waals surface area contributed by atoms with Crippen LogP contribution < -0.4 is 13.8 Å². The van der Waals surface area contributed by atoms with Crippen LogP contribution in [0.25, 0.3) is 0 Å². The minimum atomic E-state index is -3.66. The lowest BCUT2D eigenvalue weighted by atomic mass is 10.3. The summed E-state index contributed by atoms with van der Waals surface area (Å²) in [5.41, 5.74) is 0.517. The van der Waals surface area contributed by atoms with Crippen LogP contribution in [-0.4, -0.2) is 29.2 Å². The summed E-state index contributed by atoms with van der Waals surface area (Å²) in [5.74, 6) is 1.13. The van der Waals surface area contributed by atoms with Crippen LogP contribution in [0.1, 0.15) is 6.92 Å². The van der Waals surface area contributed by atoms with Crippen molar-refractivity contribution in [2.45, 2.75) is 11.8 Å². The molecular formula is C16H19NO4S. The monoisotopic (exact) mass is 321 g/mol. The number of rotatable bonds is 6. The molecule has 0 aliphatic rings. The van der Waals surface area contributed by atoms with Crippen LogP contribution >= 0.6 is 0 Å². The van der Waals surface area contributed by atoms with Crippen molar-refractivity contribution >= 4 is 15.7 Å². The van der Waals surface area contributed by atoms with Crippen LogP contribution in [0.4, 0.5) is 5.69 Å². The molecule has 0 bridgehead atoms. The average Bonchev–Trinajstić information content (AvgIpc) is 2.55. The molecule has 2 aromatic carbocycles. The predicted octanol–water partition coefficient (Wildman–Crippen LogP) is 2.92. The van der Waals surface area contributed by atoms with Crippen molar-refractivity contribution in [3.05, 3.63) is 48.5 Å². The molecular weight excluding hydrogens is 302 g/mol. The first-order chi connectivity index (χ1) is 10.5. The van der Waals surface area contributed by atoms with Gasteiger partial charge in [-0.05, 0) is 43.3 Å². The lowest BCUT2D eigenvalue weighted by Gasteiger charge is -2.24. The molecule has 0 radical (unpaired) electrons. The van der Waals surface area contributed by atoms with Gasteiger partial charge in [0.15, 0.2) is 0 Å². The summed E-state index contributed by atoms with van der Waals surface area (Å²) in [6, 6.07) is 13.4. The van der Waals surface area contributed by atoms with Crippen molar-refractivity contribution in [3.63, 3.8) is 0 Å². The second-order valence-corrected chi connectivity index (χ2v) is 6.38. The van der Waals surface area contributed by atoms with Gasteiger partial charge in [-0.25, -0.2) is 8.42 Å². The van der Waals surface area contributed by atoms with E-state index >= 15 is 0 Å². The smallest absolute Gasteiger partial charge is 0.264 e. The summed E-state index contributed by atoms with van der Waals surface area (Å²) >= 11 is 0. The quantitative estimate of drug-likeness (QED) is 0.821. The molecule has 0 aromatic heterocycles. The number of nitrogens with zero attached hydrogens (tertiary/aromatic N) is 1. The Morgan fingerprint density at radius 1 is 0.955 bits per heavy atom. The standard InChI is InChI=1S/C16H19NO4S/c1-4-17(15-7-5-6-8-16(15)21-3)22(18,19)14-11-9-13(20-2)10-12-14/h5-12H,4H2,1-3H3. The molecule has 0 heterocycles. The molecule has 0 amide bonds. The van der Waals surface area contributed by atoms with E-state index in [-0.39, 0.29) is 4.90 Å². The fourth-order valence-corrected chi connectivity index (χ4v) is 3.66. The van der Waals surface area contributed by atoms with Crippen molar-refractivity contribution in [3.8, 4) is 11.5 Å². The number of anilines is 1. The second kappa shape index (κ2) is 6.70. The minimum absolute atomic E-state index is 0.209. The van der Waals surface area contributed by atoms with Gasteiger partial charge in [-0.2, -0.15) is 0 Å². The Balaban J connectivity index is 2.48. The van der Waals surface area contributed by atoms with Gasteiger partial charge in [-0.3, -0.25) is 4.31 Å². The number of methoxy groups -OCH3 is 2. The summed E-state index contributed by atoms with van der Waals surface area (Å²) in [6.45, 7) is 2.09. The van der Waals surface area contributed by atoms with Gasteiger partial charge < -0.3 is 9.47 Å². The first kappa shape index (κ1) is 16.2. The van der Waals surface area contributed by atoms with E-state index in [9.17, 15) is 8.42 Å². The van der Waals surface area contributed by atoms with E-state index in [1.807, 2.05) is 0 Å². The fraction of sp³-hybridized carbons (Fsp3) is 0.250. The van der Waals surface area contributed by atoms with Crippen LogP contribution in [0.15, 0.2) is 53.4 Å². The largest absolute Gasteiger partial charge is 0.497 e. The molecule has 0 aliphatic heterocycles. The van der Waals surface area contributed by atoms with Gasteiger partial charge in [-0.15, -0.1) is 0 Å². The van der Waals surface area contributed by atoms with Crippen molar-refractivity contribution in [1.82, 2.24) is 0 Å². The van der Waals surface area contributed by atoms with E-state index in [0.717, 1.165) is 0 Å². The highest BCUT2D eigenvalue weighted by molar-refractivity contribution is 7.92. The Morgan fingerprint density at radius 3 is 2.14 bits per heavy atom. The summed E-state index contributed by atoms with van der Waals surface area (Å²) in [7, 11) is -0.605. The molecule has 0 unspecified atom stereocenters. The summed E-state index contributed by atoms with van der Waals surface area (Å²) in [5, 5.41) is 0. The first-order valence-electron chi connectivity index (χ1n) is 6.84. The molecule has 5 nitrogen and oxygen atoms in total. The lowest BCUT2D eigenvalue weighted by Crippen LogP contribution is -2.31. The molecule has 6 heteroatoms. The maximum atomic E-state index is 12.9. The number of benzene rings is 2. The molecule has 2 rings (SSSR count). The maximum Gasteiger partial charge on any atom is 0.264 e. The summed E-state index contributed by atoms with van der Waals surface area (Å²) < 4.78 is 37.4. The Bertz CT molecular complexity index is 726. The molecule has 0 spiro atoms. The Hall–Kier alpha value is -2.21. The molecule has 2 aromatic rings. The van der Waals surface area contributed by atoms with E-state index < -0.39 is 10.0 Å². The van der Waals surface area contributed by atoms with Crippen LogP contribution in [-0.2, 0) is 10.0 Å². The zero-order valence-corrected chi connectivity index (χ0v) is 13.6. The number of hydrogen-bond donors (Lipinski definition) is 0. The Kier molecular flexibility index (Phi) is 4.92. The third-order valence-corrected chi connectivity index (χ3v) is 5.19. The fourth-order valence-electron chi connectivity index (χ4n) is 2.18. The highest BCUT2D eigenvalue weighted by Crippen LogP contribution is 2.32. The van der Waals surface area contributed by atoms with Gasteiger partial charge in [0.2, 0.25) is 0 Å². The van der Waals surface area contributed by atoms with Crippen LogP contribution in [0.5, 0.6) is 11.5 Å². The van der Waals surface area contributed by atoms with Gasteiger partial charge in [0.1, 0.15) is 11.5 Å². The zero-order chi connectivity index (χ0) is 16.2. The van der Waals surface area contributed by atoms with Gasteiger partial charge in [-0.1, -0.05) is 12.1 Å². The van der Waals surface area contributed by atoms with Crippen molar-refractivity contribution in [2.75, 3.05) is 25.1 Å².